The van der Waals surface area contributed by atoms with E-state index in [1.165, 1.54) is 11.1 Å². The van der Waals surface area contributed by atoms with Crippen molar-refractivity contribution < 1.29 is 5.11 Å². The zero-order valence-corrected chi connectivity index (χ0v) is 10.8. The molecule has 0 aliphatic carbocycles. The fraction of sp³-hybridized carbons (Fsp3) is 0.500. The molecular weight excluding hydrogens is 254 g/mol. The van der Waals surface area contributed by atoms with E-state index >= 15 is 0 Å². The van der Waals surface area contributed by atoms with Crippen molar-refractivity contribution in [3.05, 3.63) is 33.8 Å². The van der Waals surface area contributed by atoms with Crippen molar-refractivity contribution in [3.8, 4) is 0 Å². The van der Waals surface area contributed by atoms with Gasteiger partial charge in [0.25, 0.3) is 0 Å². The Bertz CT molecular complexity index is 310. The van der Waals surface area contributed by atoms with Crippen LogP contribution >= 0.6 is 15.9 Å². The summed E-state index contributed by atoms with van der Waals surface area (Å²) in [6.45, 7) is 5.13. The summed E-state index contributed by atoms with van der Waals surface area (Å²) < 4.78 is 1.13. The van der Waals surface area contributed by atoms with Gasteiger partial charge >= 0.3 is 0 Å². The van der Waals surface area contributed by atoms with Crippen LogP contribution in [-0.2, 0) is 6.54 Å². The van der Waals surface area contributed by atoms with Crippen LogP contribution in [0.1, 0.15) is 24.5 Å². The first-order valence-electron chi connectivity index (χ1n) is 5.26. The minimum atomic E-state index is 0.193. The lowest BCUT2D eigenvalue weighted by atomic mass is 10.1. The molecule has 1 aromatic carbocycles. The number of aliphatic hydroxyl groups is 1. The molecular formula is C12H18BrNO. The number of hydrogen-bond donors (Lipinski definition) is 2. The Morgan fingerprint density at radius 3 is 2.73 bits per heavy atom. The van der Waals surface area contributed by atoms with Crippen molar-refractivity contribution in [1.82, 2.24) is 5.32 Å². The third-order valence-corrected chi connectivity index (χ3v) is 3.24. The quantitative estimate of drug-likeness (QED) is 0.863. The number of hydrogen-bond acceptors (Lipinski definition) is 2. The van der Waals surface area contributed by atoms with Gasteiger partial charge in [0.1, 0.15) is 0 Å². The lowest BCUT2D eigenvalue weighted by Gasteiger charge is -2.14. The number of benzene rings is 1. The van der Waals surface area contributed by atoms with E-state index in [4.69, 9.17) is 5.11 Å². The highest BCUT2D eigenvalue weighted by Crippen LogP contribution is 2.18. The molecule has 0 bridgehead atoms. The minimum absolute atomic E-state index is 0.193. The molecule has 0 aromatic heterocycles. The summed E-state index contributed by atoms with van der Waals surface area (Å²) >= 11 is 3.54. The summed E-state index contributed by atoms with van der Waals surface area (Å²) in [6.07, 6.45) is 0.944. The van der Waals surface area contributed by atoms with E-state index in [1.54, 1.807) is 0 Å². The fourth-order valence-corrected chi connectivity index (χ4v) is 2.02. The molecule has 0 spiro atoms. The van der Waals surface area contributed by atoms with Crippen LogP contribution in [0.25, 0.3) is 0 Å². The average Bonchev–Trinajstić information content (AvgIpc) is 2.22. The molecule has 0 saturated carbocycles. The monoisotopic (exact) mass is 271 g/mol. The zero-order valence-electron chi connectivity index (χ0n) is 9.26. The van der Waals surface area contributed by atoms with Crippen LogP contribution in [0.15, 0.2) is 22.7 Å². The Balaban J connectivity index is 2.57. The van der Waals surface area contributed by atoms with Gasteiger partial charge in [0, 0.05) is 17.1 Å². The molecule has 15 heavy (non-hydrogen) atoms. The summed E-state index contributed by atoms with van der Waals surface area (Å²) in [6, 6.07) is 6.51. The smallest absolute Gasteiger partial charge is 0.0584 e. The number of rotatable bonds is 5. The topological polar surface area (TPSA) is 32.3 Å². The van der Waals surface area contributed by atoms with Gasteiger partial charge in [-0.25, -0.2) is 0 Å². The van der Waals surface area contributed by atoms with E-state index in [1.807, 2.05) is 0 Å². The highest BCUT2D eigenvalue weighted by atomic mass is 79.9. The first-order chi connectivity index (χ1) is 7.17. The molecule has 0 unspecified atom stereocenters. The summed E-state index contributed by atoms with van der Waals surface area (Å²) in [5, 5.41) is 12.4. The third-order valence-electron chi connectivity index (χ3n) is 2.50. The molecule has 1 atom stereocenters. The number of nitrogens with one attached hydrogen (secondary N) is 1. The molecule has 2 nitrogen and oxygen atoms in total. The minimum Gasteiger partial charge on any atom is -0.395 e. The first-order valence-corrected chi connectivity index (χ1v) is 6.06. The van der Waals surface area contributed by atoms with E-state index in [0.717, 1.165) is 17.4 Å². The molecule has 84 valence electrons. The maximum absolute atomic E-state index is 9.04. The van der Waals surface area contributed by atoms with Crippen molar-refractivity contribution in [3.63, 3.8) is 0 Å². The molecule has 0 heterocycles. The number of aryl methyl sites for hydroxylation is 1. The van der Waals surface area contributed by atoms with Gasteiger partial charge in [-0.15, -0.1) is 0 Å². The van der Waals surface area contributed by atoms with Crippen LogP contribution in [-0.4, -0.2) is 17.8 Å². The maximum Gasteiger partial charge on any atom is 0.0584 e. The summed E-state index contributed by atoms with van der Waals surface area (Å²) in [4.78, 5) is 0. The second kappa shape index (κ2) is 6.26. The normalized spacial score (nSPS) is 12.8. The van der Waals surface area contributed by atoms with Gasteiger partial charge in [-0.05, 0) is 30.5 Å². The van der Waals surface area contributed by atoms with Crippen LogP contribution in [0.3, 0.4) is 0 Å². The summed E-state index contributed by atoms with van der Waals surface area (Å²) in [7, 11) is 0. The Morgan fingerprint density at radius 1 is 1.47 bits per heavy atom. The molecule has 0 aliphatic heterocycles. The van der Waals surface area contributed by atoms with E-state index in [2.05, 4.69) is 53.3 Å². The molecule has 0 saturated heterocycles. The van der Waals surface area contributed by atoms with Crippen molar-refractivity contribution in [2.75, 3.05) is 6.61 Å². The Morgan fingerprint density at radius 2 is 2.20 bits per heavy atom. The Labute approximate surface area is 99.8 Å². The Kier molecular flexibility index (Phi) is 5.29. The molecule has 0 fully saturated rings. The largest absolute Gasteiger partial charge is 0.395 e. The summed E-state index contributed by atoms with van der Waals surface area (Å²) in [5.41, 5.74) is 2.48. The summed E-state index contributed by atoms with van der Waals surface area (Å²) in [5.74, 6) is 0. The third kappa shape index (κ3) is 3.93. The fourth-order valence-electron chi connectivity index (χ4n) is 1.39. The lowest BCUT2D eigenvalue weighted by Crippen LogP contribution is -2.31. The molecule has 0 radical (unpaired) electrons. The number of aliphatic hydroxyl groups excluding tert-OH is 1. The first kappa shape index (κ1) is 12.7. The highest BCUT2D eigenvalue weighted by molar-refractivity contribution is 9.10. The van der Waals surface area contributed by atoms with Crippen LogP contribution in [0.5, 0.6) is 0 Å². The van der Waals surface area contributed by atoms with Gasteiger partial charge in [0.05, 0.1) is 6.61 Å². The van der Waals surface area contributed by atoms with Crippen molar-refractivity contribution in [2.45, 2.75) is 32.9 Å². The molecule has 0 amide bonds. The van der Waals surface area contributed by atoms with E-state index in [-0.39, 0.29) is 12.6 Å². The van der Waals surface area contributed by atoms with Gasteiger partial charge in [0.2, 0.25) is 0 Å². The van der Waals surface area contributed by atoms with Gasteiger partial charge in [-0.3, -0.25) is 0 Å². The predicted molar refractivity (Wildman–Crippen MR) is 66.9 cm³/mol. The van der Waals surface area contributed by atoms with Gasteiger partial charge in [-0.2, -0.15) is 0 Å². The van der Waals surface area contributed by atoms with E-state index in [9.17, 15) is 0 Å². The predicted octanol–water partition coefficient (Wildman–Crippen LogP) is 2.62. The maximum atomic E-state index is 9.04. The van der Waals surface area contributed by atoms with Gasteiger partial charge in [-0.1, -0.05) is 35.0 Å². The average molecular weight is 272 g/mol. The van der Waals surface area contributed by atoms with Crippen molar-refractivity contribution in [2.24, 2.45) is 0 Å². The standard InChI is InChI=1S/C12H18BrNO/c1-3-11(8-15)14-7-10-5-4-9(2)6-12(10)13/h4-6,11,14-15H,3,7-8H2,1-2H3/t11-/m1/s1. The highest BCUT2D eigenvalue weighted by Gasteiger charge is 2.05. The zero-order chi connectivity index (χ0) is 11.3. The molecule has 1 aromatic rings. The van der Waals surface area contributed by atoms with E-state index in [0.29, 0.717) is 0 Å². The van der Waals surface area contributed by atoms with Crippen LogP contribution in [0.4, 0.5) is 0 Å². The van der Waals surface area contributed by atoms with Crippen LogP contribution in [0.2, 0.25) is 0 Å². The van der Waals surface area contributed by atoms with Crippen molar-refractivity contribution >= 4 is 15.9 Å². The van der Waals surface area contributed by atoms with E-state index < -0.39 is 0 Å². The van der Waals surface area contributed by atoms with Gasteiger partial charge in [0.15, 0.2) is 0 Å². The van der Waals surface area contributed by atoms with Gasteiger partial charge < -0.3 is 10.4 Å². The lowest BCUT2D eigenvalue weighted by molar-refractivity contribution is 0.238. The molecule has 1 rings (SSSR count). The molecule has 2 N–H and O–H groups in total. The molecule has 3 heteroatoms. The second-order valence-electron chi connectivity index (χ2n) is 3.76. The van der Waals surface area contributed by atoms with Crippen LogP contribution < -0.4 is 5.32 Å². The van der Waals surface area contributed by atoms with Crippen molar-refractivity contribution in [1.29, 1.82) is 0 Å². The SMILES string of the molecule is CC[C@H](CO)NCc1ccc(C)cc1Br. The molecule has 0 aliphatic rings. The van der Waals surface area contributed by atoms with Crippen LogP contribution in [0, 0.1) is 6.92 Å². The second-order valence-corrected chi connectivity index (χ2v) is 4.62. The number of halogens is 1. The Hall–Kier alpha value is -0.380.